The standard InChI is InChI=1S/C19H19N5O4S/c1-3-10-24-17(13-7-4-5-8-14(13)27-2)21-23-19(24)29-12-16(25)20-22-18(26)15-9-6-11-28-15/h3-9,11H,1,10,12H2,2H3,(H,20,25)(H,22,26). The number of rotatable bonds is 8. The molecule has 3 aromatic rings. The number of para-hydroxylation sites is 1. The highest BCUT2D eigenvalue weighted by Crippen LogP contribution is 2.30. The number of aromatic nitrogens is 3. The van der Waals surface area contributed by atoms with Gasteiger partial charge in [0.15, 0.2) is 16.7 Å². The van der Waals surface area contributed by atoms with Crippen molar-refractivity contribution in [1.29, 1.82) is 0 Å². The first kappa shape index (κ1) is 20.2. The van der Waals surface area contributed by atoms with Gasteiger partial charge in [-0.1, -0.05) is 30.0 Å². The Hall–Kier alpha value is -3.53. The van der Waals surface area contributed by atoms with Gasteiger partial charge in [-0.3, -0.25) is 25.0 Å². The number of hydrogen-bond donors (Lipinski definition) is 2. The van der Waals surface area contributed by atoms with E-state index in [2.05, 4.69) is 27.6 Å². The fourth-order valence-electron chi connectivity index (χ4n) is 2.48. The van der Waals surface area contributed by atoms with Crippen molar-refractivity contribution < 1.29 is 18.7 Å². The number of hydrazine groups is 1. The molecule has 9 nitrogen and oxygen atoms in total. The van der Waals surface area contributed by atoms with Crippen LogP contribution < -0.4 is 15.6 Å². The Kier molecular flexibility index (Phi) is 6.69. The minimum Gasteiger partial charge on any atom is -0.496 e. The molecule has 2 amide bonds. The topological polar surface area (TPSA) is 111 Å². The van der Waals surface area contributed by atoms with E-state index in [4.69, 9.17) is 9.15 Å². The lowest BCUT2D eigenvalue weighted by Crippen LogP contribution is -2.42. The number of carbonyl (C=O) groups is 2. The van der Waals surface area contributed by atoms with Crippen molar-refractivity contribution >= 4 is 23.6 Å². The number of ether oxygens (including phenoxy) is 1. The molecular weight excluding hydrogens is 394 g/mol. The Morgan fingerprint density at radius 2 is 2.07 bits per heavy atom. The van der Waals surface area contributed by atoms with Crippen LogP contribution in [0.2, 0.25) is 0 Å². The van der Waals surface area contributed by atoms with Gasteiger partial charge in [0.1, 0.15) is 5.75 Å². The predicted molar refractivity (Wildman–Crippen MR) is 107 cm³/mol. The molecule has 0 spiro atoms. The predicted octanol–water partition coefficient (Wildman–Crippen LogP) is 2.29. The van der Waals surface area contributed by atoms with E-state index < -0.39 is 11.8 Å². The smallest absolute Gasteiger partial charge is 0.305 e. The molecule has 0 saturated heterocycles. The number of allylic oxidation sites excluding steroid dienone is 1. The zero-order valence-corrected chi connectivity index (χ0v) is 16.4. The Bertz CT molecular complexity index is 1000. The van der Waals surface area contributed by atoms with E-state index in [1.54, 1.807) is 19.3 Å². The molecule has 0 radical (unpaired) electrons. The first-order chi connectivity index (χ1) is 14.1. The minimum absolute atomic E-state index is 0.0274. The third-order valence-electron chi connectivity index (χ3n) is 3.77. The van der Waals surface area contributed by atoms with Crippen LogP contribution in [0.1, 0.15) is 10.6 Å². The van der Waals surface area contributed by atoms with E-state index >= 15 is 0 Å². The van der Waals surface area contributed by atoms with Crippen LogP contribution in [0.4, 0.5) is 0 Å². The molecule has 0 fully saturated rings. The summed E-state index contributed by atoms with van der Waals surface area (Å²) in [6, 6.07) is 10.5. The van der Waals surface area contributed by atoms with Crippen molar-refractivity contribution in [3.63, 3.8) is 0 Å². The normalized spacial score (nSPS) is 10.4. The average molecular weight is 413 g/mol. The summed E-state index contributed by atoms with van der Waals surface area (Å²) in [5.74, 6) is 0.463. The van der Waals surface area contributed by atoms with Gasteiger partial charge in [0.2, 0.25) is 5.91 Å². The number of nitrogens with zero attached hydrogens (tertiary/aromatic N) is 3. The van der Waals surface area contributed by atoms with Crippen LogP contribution in [0.5, 0.6) is 5.75 Å². The number of carbonyl (C=O) groups excluding carboxylic acids is 2. The van der Waals surface area contributed by atoms with Gasteiger partial charge in [-0.15, -0.1) is 16.8 Å². The number of benzene rings is 1. The minimum atomic E-state index is -0.540. The third-order valence-corrected chi connectivity index (χ3v) is 4.74. The summed E-state index contributed by atoms with van der Waals surface area (Å²) in [5, 5.41) is 8.97. The van der Waals surface area contributed by atoms with Crippen molar-refractivity contribution in [2.45, 2.75) is 11.7 Å². The second-order valence-electron chi connectivity index (χ2n) is 5.67. The van der Waals surface area contributed by atoms with Crippen molar-refractivity contribution in [3.05, 3.63) is 61.1 Å². The van der Waals surface area contributed by atoms with Crippen LogP contribution in [0, 0.1) is 0 Å². The monoisotopic (exact) mass is 413 g/mol. The average Bonchev–Trinajstić information content (AvgIpc) is 3.41. The number of nitrogens with one attached hydrogen (secondary N) is 2. The molecular formula is C19H19N5O4S. The van der Waals surface area contributed by atoms with Crippen LogP contribution in [0.25, 0.3) is 11.4 Å². The lowest BCUT2D eigenvalue weighted by molar-refractivity contribution is -0.119. The second kappa shape index (κ2) is 9.60. The fraction of sp³-hybridized carbons (Fsp3) is 0.158. The van der Waals surface area contributed by atoms with Crippen LogP contribution in [0.15, 0.2) is 64.9 Å². The third kappa shape index (κ3) is 4.85. The highest BCUT2D eigenvalue weighted by atomic mass is 32.2. The highest BCUT2D eigenvalue weighted by Gasteiger charge is 2.18. The maximum atomic E-state index is 12.1. The number of amides is 2. The van der Waals surface area contributed by atoms with E-state index in [1.807, 2.05) is 28.8 Å². The van der Waals surface area contributed by atoms with Crippen molar-refractivity contribution in [2.75, 3.05) is 12.9 Å². The molecule has 0 saturated carbocycles. The lowest BCUT2D eigenvalue weighted by Gasteiger charge is -2.10. The van der Waals surface area contributed by atoms with Crippen LogP contribution in [-0.2, 0) is 11.3 Å². The van der Waals surface area contributed by atoms with E-state index in [0.717, 1.165) is 5.56 Å². The Labute approximate surface area is 171 Å². The summed E-state index contributed by atoms with van der Waals surface area (Å²) in [5.41, 5.74) is 5.40. The molecule has 2 N–H and O–H groups in total. The first-order valence-electron chi connectivity index (χ1n) is 8.57. The van der Waals surface area contributed by atoms with Crippen molar-refractivity contribution in [2.24, 2.45) is 0 Å². The number of thioether (sulfide) groups is 1. The quantitative estimate of drug-likeness (QED) is 0.331. The van der Waals surface area contributed by atoms with Gasteiger partial charge < -0.3 is 9.15 Å². The van der Waals surface area contributed by atoms with Crippen LogP contribution in [-0.4, -0.2) is 39.4 Å². The summed E-state index contributed by atoms with van der Waals surface area (Å²) < 4.78 is 12.2. The molecule has 0 aliphatic carbocycles. The molecule has 2 aromatic heterocycles. The fourth-order valence-corrected chi connectivity index (χ4v) is 3.23. The van der Waals surface area contributed by atoms with E-state index in [-0.39, 0.29) is 11.5 Å². The number of methoxy groups -OCH3 is 1. The van der Waals surface area contributed by atoms with E-state index in [0.29, 0.717) is 23.3 Å². The Morgan fingerprint density at radius 3 is 2.79 bits per heavy atom. The molecule has 0 aliphatic rings. The maximum absolute atomic E-state index is 12.1. The first-order valence-corrected chi connectivity index (χ1v) is 9.55. The van der Waals surface area contributed by atoms with Gasteiger partial charge in [0.25, 0.3) is 0 Å². The van der Waals surface area contributed by atoms with Crippen molar-refractivity contribution in [1.82, 2.24) is 25.6 Å². The molecule has 0 aliphatic heterocycles. The zero-order valence-electron chi connectivity index (χ0n) is 15.6. The summed E-state index contributed by atoms with van der Waals surface area (Å²) in [4.78, 5) is 23.8. The van der Waals surface area contributed by atoms with Crippen molar-refractivity contribution in [3.8, 4) is 17.1 Å². The van der Waals surface area contributed by atoms with Crippen LogP contribution >= 0.6 is 11.8 Å². The Balaban J connectivity index is 1.66. The van der Waals surface area contributed by atoms with E-state index in [9.17, 15) is 9.59 Å². The molecule has 150 valence electrons. The summed E-state index contributed by atoms with van der Waals surface area (Å²) in [7, 11) is 1.59. The second-order valence-corrected chi connectivity index (χ2v) is 6.62. The molecule has 0 atom stereocenters. The SMILES string of the molecule is C=CCn1c(SCC(=O)NNC(=O)c2ccco2)nnc1-c1ccccc1OC. The van der Waals surface area contributed by atoms with Gasteiger partial charge in [-0.2, -0.15) is 0 Å². The van der Waals surface area contributed by atoms with Gasteiger partial charge in [0.05, 0.1) is 24.7 Å². The summed E-state index contributed by atoms with van der Waals surface area (Å²) >= 11 is 1.19. The molecule has 29 heavy (non-hydrogen) atoms. The van der Waals surface area contributed by atoms with Gasteiger partial charge >= 0.3 is 5.91 Å². The van der Waals surface area contributed by atoms with Gasteiger partial charge in [-0.05, 0) is 24.3 Å². The molecule has 0 bridgehead atoms. The van der Waals surface area contributed by atoms with Gasteiger partial charge in [0, 0.05) is 6.54 Å². The highest BCUT2D eigenvalue weighted by molar-refractivity contribution is 7.99. The molecule has 2 heterocycles. The molecule has 10 heteroatoms. The summed E-state index contributed by atoms with van der Waals surface area (Å²) in [6.45, 7) is 4.23. The van der Waals surface area contributed by atoms with Crippen LogP contribution in [0.3, 0.4) is 0 Å². The molecule has 1 aromatic carbocycles. The zero-order chi connectivity index (χ0) is 20.6. The lowest BCUT2D eigenvalue weighted by atomic mass is 10.2. The van der Waals surface area contributed by atoms with Gasteiger partial charge in [-0.25, -0.2) is 0 Å². The summed E-state index contributed by atoms with van der Waals surface area (Å²) in [6.07, 6.45) is 3.09. The molecule has 3 rings (SSSR count). The number of hydrogen-bond acceptors (Lipinski definition) is 7. The Morgan fingerprint density at radius 1 is 1.24 bits per heavy atom. The largest absolute Gasteiger partial charge is 0.496 e. The van der Waals surface area contributed by atoms with E-state index in [1.165, 1.54) is 24.1 Å². The maximum Gasteiger partial charge on any atom is 0.305 e. The molecule has 0 unspecified atom stereocenters. The number of furan rings is 1.